The van der Waals surface area contributed by atoms with Crippen LogP contribution in [0.4, 0.5) is 10.5 Å². The van der Waals surface area contributed by atoms with Crippen LogP contribution in [-0.4, -0.2) is 21.7 Å². The Balaban J connectivity index is 2.26. The van der Waals surface area contributed by atoms with E-state index >= 15 is 0 Å². The van der Waals surface area contributed by atoms with E-state index in [9.17, 15) is 4.79 Å². The van der Waals surface area contributed by atoms with Gasteiger partial charge in [-0.1, -0.05) is 0 Å². The number of halogens is 1. The van der Waals surface area contributed by atoms with Gasteiger partial charge in [0.2, 0.25) is 0 Å². The topological polar surface area (TPSA) is 64.1 Å². The van der Waals surface area contributed by atoms with Crippen LogP contribution >= 0.6 is 15.9 Å². The summed E-state index contributed by atoms with van der Waals surface area (Å²) in [5.74, 6) is 0. The maximum atomic E-state index is 11.7. The molecule has 0 bridgehead atoms. The van der Waals surface area contributed by atoms with Crippen LogP contribution < -0.4 is 5.32 Å². The number of rotatable bonds is 1. The summed E-state index contributed by atoms with van der Waals surface area (Å²) >= 11 is 3.42. The highest BCUT2D eigenvalue weighted by Gasteiger charge is 2.17. The van der Waals surface area contributed by atoms with Crippen LogP contribution in [0.5, 0.6) is 0 Å². The molecule has 6 heteroatoms. The molecule has 0 fully saturated rings. The van der Waals surface area contributed by atoms with Gasteiger partial charge in [0.05, 0.1) is 15.7 Å². The van der Waals surface area contributed by atoms with Gasteiger partial charge >= 0.3 is 6.09 Å². The molecular formula is C13H14BrN3O2. The predicted octanol–water partition coefficient (Wildman–Crippen LogP) is 3.74. The van der Waals surface area contributed by atoms with Crippen molar-refractivity contribution in [1.82, 2.24) is 9.97 Å². The van der Waals surface area contributed by atoms with Crippen molar-refractivity contribution < 1.29 is 9.53 Å². The number of hydrogen-bond acceptors (Lipinski definition) is 4. The van der Waals surface area contributed by atoms with Crippen LogP contribution in [-0.2, 0) is 4.74 Å². The van der Waals surface area contributed by atoms with Crippen LogP contribution in [0.25, 0.3) is 11.0 Å². The number of hydrogen-bond donors (Lipinski definition) is 1. The molecule has 1 N–H and O–H groups in total. The number of nitrogens with one attached hydrogen (secondary N) is 1. The first-order chi connectivity index (χ1) is 8.87. The number of anilines is 1. The molecule has 19 heavy (non-hydrogen) atoms. The Kier molecular flexibility index (Phi) is 3.71. The van der Waals surface area contributed by atoms with Gasteiger partial charge in [0.1, 0.15) is 11.1 Å². The van der Waals surface area contributed by atoms with Crippen molar-refractivity contribution in [2.45, 2.75) is 26.4 Å². The molecule has 2 rings (SSSR count). The predicted molar refractivity (Wildman–Crippen MR) is 77.1 cm³/mol. The lowest BCUT2D eigenvalue weighted by Gasteiger charge is -2.20. The molecule has 0 aliphatic carbocycles. The summed E-state index contributed by atoms with van der Waals surface area (Å²) in [6.07, 6.45) is 2.72. The molecule has 1 aromatic carbocycles. The summed E-state index contributed by atoms with van der Waals surface area (Å²) in [7, 11) is 0. The summed E-state index contributed by atoms with van der Waals surface area (Å²) in [5, 5.41) is 2.68. The summed E-state index contributed by atoms with van der Waals surface area (Å²) in [5.41, 5.74) is 1.51. The monoisotopic (exact) mass is 323 g/mol. The van der Waals surface area contributed by atoms with Crippen LogP contribution in [0.15, 0.2) is 29.0 Å². The largest absolute Gasteiger partial charge is 0.444 e. The van der Waals surface area contributed by atoms with Crippen molar-refractivity contribution >= 4 is 38.7 Å². The number of carbonyl (C=O) groups excluding carboxylic acids is 1. The van der Waals surface area contributed by atoms with Crippen LogP contribution in [0, 0.1) is 0 Å². The minimum Gasteiger partial charge on any atom is -0.444 e. The first-order valence-electron chi connectivity index (χ1n) is 5.76. The van der Waals surface area contributed by atoms with E-state index in [1.807, 2.05) is 20.8 Å². The van der Waals surface area contributed by atoms with Gasteiger partial charge in [-0.25, -0.2) is 4.79 Å². The second-order valence-corrected chi connectivity index (χ2v) is 5.77. The van der Waals surface area contributed by atoms with E-state index in [1.54, 1.807) is 24.5 Å². The number of amides is 1. The lowest BCUT2D eigenvalue weighted by Crippen LogP contribution is -2.27. The first kappa shape index (κ1) is 13.7. The Hall–Kier alpha value is -1.69. The zero-order valence-corrected chi connectivity index (χ0v) is 12.5. The third-order valence-corrected chi connectivity index (χ3v) is 3.02. The van der Waals surface area contributed by atoms with Crippen molar-refractivity contribution in [2.24, 2.45) is 0 Å². The Morgan fingerprint density at radius 3 is 2.63 bits per heavy atom. The van der Waals surface area contributed by atoms with E-state index in [0.717, 1.165) is 5.52 Å². The zero-order chi connectivity index (χ0) is 14.0. The average Bonchev–Trinajstić information content (AvgIpc) is 2.31. The van der Waals surface area contributed by atoms with Gasteiger partial charge < -0.3 is 4.74 Å². The molecule has 0 radical (unpaired) electrons. The molecule has 0 aliphatic heterocycles. The van der Waals surface area contributed by atoms with Crippen LogP contribution in [0.3, 0.4) is 0 Å². The number of aromatic nitrogens is 2. The summed E-state index contributed by atoms with van der Waals surface area (Å²) in [4.78, 5) is 20.1. The lowest BCUT2D eigenvalue weighted by atomic mass is 10.2. The third kappa shape index (κ3) is 3.41. The van der Waals surface area contributed by atoms with E-state index in [1.165, 1.54) is 0 Å². The van der Waals surface area contributed by atoms with Gasteiger partial charge in [-0.2, -0.15) is 0 Å². The molecule has 0 spiro atoms. The molecule has 0 unspecified atom stereocenters. The number of ether oxygens (including phenoxy) is 1. The summed E-state index contributed by atoms with van der Waals surface area (Å²) in [6.45, 7) is 5.44. The summed E-state index contributed by atoms with van der Waals surface area (Å²) in [6, 6.07) is 3.55. The molecule has 1 amide bonds. The van der Waals surface area contributed by atoms with Gasteiger partial charge in [-0.15, -0.1) is 0 Å². The Morgan fingerprint density at radius 2 is 1.95 bits per heavy atom. The smallest absolute Gasteiger partial charge is 0.412 e. The van der Waals surface area contributed by atoms with Gasteiger partial charge in [-0.3, -0.25) is 15.3 Å². The Labute approximate surface area is 119 Å². The van der Waals surface area contributed by atoms with Crippen molar-refractivity contribution in [1.29, 1.82) is 0 Å². The van der Waals surface area contributed by atoms with E-state index in [0.29, 0.717) is 15.7 Å². The summed E-state index contributed by atoms with van der Waals surface area (Å²) < 4.78 is 5.89. The van der Waals surface area contributed by atoms with Crippen molar-refractivity contribution in [2.75, 3.05) is 5.32 Å². The fourth-order valence-corrected chi connectivity index (χ4v) is 2.05. The van der Waals surface area contributed by atoms with Crippen molar-refractivity contribution in [3.8, 4) is 0 Å². The minimum absolute atomic E-state index is 0.503. The highest BCUT2D eigenvalue weighted by molar-refractivity contribution is 9.10. The molecule has 2 aromatic rings. The second-order valence-electron chi connectivity index (χ2n) is 4.98. The van der Waals surface area contributed by atoms with Gasteiger partial charge in [0, 0.05) is 12.4 Å². The van der Waals surface area contributed by atoms with E-state index < -0.39 is 11.7 Å². The standard InChI is InChI=1S/C13H14BrN3O2/c1-13(2,3)19-12(18)17-8-4-5-9-11(10(8)14)16-7-6-15-9/h4-7H,1-3H3,(H,17,18). The molecule has 0 saturated carbocycles. The first-order valence-corrected chi connectivity index (χ1v) is 6.55. The molecular weight excluding hydrogens is 310 g/mol. The van der Waals surface area contributed by atoms with Crippen molar-refractivity contribution in [3.05, 3.63) is 29.0 Å². The molecule has 0 saturated heterocycles. The van der Waals surface area contributed by atoms with Gasteiger partial charge in [0.15, 0.2) is 0 Å². The maximum absolute atomic E-state index is 11.7. The highest BCUT2D eigenvalue weighted by atomic mass is 79.9. The van der Waals surface area contributed by atoms with Gasteiger partial charge in [0.25, 0.3) is 0 Å². The van der Waals surface area contributed by atoms with Crippen LogP contribution in [0.2, 0.25) is 0 Å². The third-order valence-electron chi connectivity index (χ3n) is 2.21. The molecule has 0 aliphatic rings. The van der Waals surface area contributed by atoms with Gasteiger partial charge in [-0.05, 0) is 48.8 Å². The zero-order valence-electron chi connectivity index (χ0n) is 10.9. The quantitative estimate of drug-likeness (QED) is 0.868. The Bertz CT molecular complexity index is 623. The van der Waals surface area contributed by atoms with E-state index in [4.69, 9.17) is 4.74 Å². The highest BCUT2D eigenvalue weighted by Crippen LogP contribution is 2.29. The van der Waals surface area contributed by atoms with Crippen LogP contribution in [0.1, 0.15) is 20.8 Å². The van der Waals surface area contributed by atoms with E-state index in [2.05, 4.69) is 31.2 Å². The lowest BCUT2D eigenvalue weighted by molar-refractivity contribution is 0.0636. The number of benzene rings is 1. The minimum atomic E-state index is -0.535. The molecule has 0 atom stereocenters. The second kappa shape index (κ2) is 5.13. The number of carbonyl (C=O) groups is 1. The fraction of sp³-hybridized carbons (Fsp3) is 0.308. The molecule has 100 valence electrons. The normalized spacial score (nSPS) is 11.4. The number of nitrogens with zero attached hydrogens (tertiary/aromatic N) is 2. The maximum Gasteiger partial charge on any atom is 0.412 e. The molecule has 1 aromatic heterocycles. The van der Waals surface area contributed by atoms with E-state index in [-0.39, 0.29) is 0 Å². The SMILES string of the molecule is CC(C)(C)OC(=O)Nc1ccc2nccnc2c1Br. The number of fused-ring (bicyclic) bond motifs is 1. The average molecular weight is 324 g/mol. The Morgan fingerprint density at radius 1 is 1.26 bits per heavy atom. The fourth-order valence-electron chi connectivity index (χ4n) is 1.51. The molecule has 1 heterocycles. The van der Waals surface area contributed by atoms with Crippen molar-refractivity contribution in [3.63, 3.8) is 0 Å². The molecule has 5 nitrogen and oxygen atoms in total.